The number of fused-ring (bicyclic) bond motifs is 1. The minimum atomic E-state index is -0.122. The van der Waals surface area contributed by atoms with Crippen LogP contribution in [0.25, 0.3) is 5.82 Å². The first kappa shape index (κ1) is 18.6. The quantitative estimate of drug-likeness (QED) is 0.696. The molecule has 8 heteroatoms. The molecule has 1 atom stereocenters. The largest absolute Gasteiger partial charge is 0.508 e. The van der Waals surface area contributed by atoms with Crippen LogP contribution < -0.4 is 10.2 Å². The van der Waals surface area contributed by atoms with Crippen molar-refractivity contribution < 1.29 is 9.90 Å². The second-order valence-corrected chi connectivity index (χ2v) is 7.95. The summed E-state index contributed by atoms with van der Waals surface area (Å²) in [4.78, 5) is 14.7. The first-order chi connectivity index (χ1) is 14.6. The zero-order chi connectivity index (χ0) is 20.7. The monoisotopic (exact) mass is 404 g/mol. The molecule has 3 aromatic rings. The Kier molecular flexibility index (Phi) is 4.61. The van der Waals surface area contributed by atoms with Crippen molar-refractivity contribution in [1.29, 1.82) is 0 Å². The van der Waals surface area contributed by atoms with Crippen LogP contribution in [0.4, 0.5) is 11.6 Å². The summed E-state index contributed by atoms with van der Waals surface area (Å²) in [5, 5.41) is 26.1. The van der Waals surface area contributed by atoms with Gasteiger partial charge in [0.25, 0.3) is 0 Å². The molecule has 30 heavy (non-hydrogen) atoms. The summed E-state index contributed by atoms with van der Waals surface area (Å²) in [6.07, 6.45) is 3.96. The number of nitrogens with one attached hydrogen (secondary N) is 1. The van der Waals surface area contributed by atoms with Crippen LogP contribution in [0.5, 0.6) is 5.75 Å². The number of aromatic nitrogens is 4. The maximum atomic E-state index is 12.5. The summed E-state index contributed by atoms with van der Waals surface area (Å²) in [6, 6.07) is 10.9. The van der Waals surface area contributed by atoms with Crippen molar-refractivity contribution >= 4 is 17.5 Å². The van der Waals surface area contributed by atoms with E-state index in [2.05, 4.69) is 25.5 Å². The molecule has 2 aromatic heterocycles. The van der Waals surface area contributed by atoms with Crippen LogP contribution in [0.1, 0.15) is 48.4 Å². The Morgan fingerprint density at radius 3 is 2.40 bits per heavy atom. The van der Waals surface area contributed by atoms with E-state index in [1.807, 2.05) is 31.2 Å². The smallest absolute Gasteiger partial charge is 0.226 e. The highest BCUT2D eigenvalue weighted by atomic mass is 16.3. The van der Waals surface area contributed by atoms with Crippen LogP contribution in [0, 0.1) is 6.92 Å². The van der Waals surface area contributed by atoms with Gasteiger partial charge in [0.15, 0.2) is 11.6 Å². The predicted molar refractivity (Wildman–Crippen MR) is 113 cm³/mol. The minimum absolute atomic E-state index is 0.0698. The van der Waals surface area contributed by atoms with E-state index in [4.69, 9.17) is 0 Å². The van der Waals surface area contributed by atoms with E-state index in [9.17, 15) is 9.90 Å². The molecule has 0 spiro atoms. The number of piperidine rings is 1. The summed E-state index contributed by atoms with van der Waals surface area (Å²) in [7, 11) is 0. The molecule has 0 bridgehead atoms. The van der Waals surface area contributed by atoms with Gasteiger partial charge in [-0.05, 0) is 56.0 Å². The maximum absolute atomic E-state index is 12.5. The molecule has 0 saturated carbocycles. The second-order valence-electron chi connectivity index (χ2n) is 7.95. The highest BCUT2D eigenvalue weighted by Crippen LogP contribution is 2.40. The second kappa shape index (κ2) is 7.44. The lowest BCUT2D eigenvalue weighted by Gasteiger charge is -2.27. The number of benzene rings is 1. The lowest BCUT2D eigenvalue weighted by Crippen LogP contribution is -2.30. The molecule has 1 aromatic carbocycles. The SMILES string of the molecule is Cc1nn(-c2ccc(N3CCCCC3)nn2)c2c1C(c1ccc(O)cc1)CC(=O)N2. The van der Waals surface area contributed by atoms with Crippen molar-refractivity contribution in [2.75, 3.05) is 23.3 Å². The Bertz CT molecular complexity index is 1070. The molecule has 1 fully saturated rings. The van der Waals surface area contributed by atoms with Crippen LogP contribution >= 0.6 is 0 Å². The summed E-state index contributed by atoms with van der Waals surface area (Å²) >= 11 is 0. The molecule has 1 amide bonds. The van der Waals surface area contributed by atoms with Gasteiger partial charge in [-0.3, -0.25) is 4.79 Å². The fourth-order valence-electron chi connectivity index (χ4n) is 4.43. The molecule has 0 aliphatic carbocycles. The summed E-state index contributed by atoms with van der Waals surface area (Å²) < 4.78 is 1.67. The number of aryl methyl sites for hydroxylation is 1. The summed E-state index contributed by atoms with van der Waals surface area (Å²) in [5.74, 6) is 2.11. The molecule has 2 N–H and O–H groups in total. The van der Waals surface area contributed by atoms with Crippen LogP contribution in [-0.2, 0) is 4.79 Å². The number of amides is 1. The van der Waals surface area contributed by atoms with E-state index >= 15 is 0 Å². The highest BCUT2D eigenvalue weighted by Gasteiger charge is 2.33. The van der Waals surface area contributed by atoms with Crippen molar-refractivity contribution in [3.05, 3.63) is 53.2 Å². The minimum Gasteiger partial charge on any atom is -0.508 e. The lowest BCUT2D eigenvalue weighted by atomic mass is 9.86. The lowest BCUT2D eigenvalue weighted by molar-refractivity contribution is -0.116. The number of carbonyl (C=O) groups excluding carboxylic acids is 1. The number of hydrogen-bond donors (Lipinski definition) is 2. The van der Waals surface area contributed by atoms with Crippen LogP contribution in [-0.4, -0.2) is 44.1 Å². The number of anilines is 2. The van der Waals surface area contributed by atoms with E-state index < -0.39 is 0 Å². The number of rotatable bonds is 3. The number of phenolic OH excluding ortho intramolecular Hbond substituents is 1. The van der Waals surface area contributed by atoms with Gasteiger partial charge < -0.3 is 15.3 Å². The number of carbonyl (C=O) groups is 1. The molecule has 1 saturated heterocycles. The third-order valence-corrected chi connectivity index (χ3v) is 5.93. The van der Waals surface area contributed by atoms with Crippen LogP contribution in [0.15, 0.2) is 36.4 Å². The van der Waals surface area contributed by atoms with Gasteiger partial charge in [0.05, 0.1) is 5.69 Å². The number of phenols is 1. The van der Waals surface area contributed by atoms with Crippen molar-refractivity contribution in [3.63, 3.8) is 0 Å². The molecular formula is C22H24N6O2. The van der Waals surface area contributed by atoms with Crippen LogP contribution in [0.3, 0.4) is 0 Å². The molecular weight excluding hydrogens is 380 g/mol. The van der Waals surface area contributed by atoms with Crippen molar-refractivity contribution in [3.8, 4) is 11.6 Å². The topological polar surface area (TPSA) is 96.2 Å². The van der Waals surface area contributed by atoms with Crippen molar-refractivity contribution in [2.45, 2.75) is 38.5 Å². The molecule has 2 aliphatic heterocycles. The summed E-state index contributed by atoms with van der Waals surface area (Å²) in [6.45, 7) is 3.96. The number of aromatic hydroxyl groups is 1. The van der Waals surface area contributed by atoms with E-state index in [0.29, 0.717) is 18.1 Å². The summed E-state index contributed by atoms with van der Waals surface area (Å²) in [5.41, 5.74) is 2.78. The molecule has 4 heterocycles. The van der Waals surface area contributed by atoms with E-state index in [0.717, 1.165) is 35.7 Å². The molecule has 154 valence electrons. The van der Waals surface area contributed by atoms with Gasteiger partial charge >= 0.3 is 0 Å². The van der Waals surface area contributed by atoms with Crippen molar-refractivity contribution in [2.24, 2.45) is 0 Å². The Labute approximate surface area is 174 Å². The molecule has 5 rings (SSSR count). The van der Waals surface area contributed by atoms with Crippen LogP contribution in [0.2, 0.25) is 0 Å². The maximum Gasteiger partial charge on any atom is 0.226 e. The highest BCUT2D eigenvalue weighted by molar-refractivity contribution is 5.95. The average Bonchev–Trinajstić information content (AvgIpc) is 3.10. The number of nitrogens with zero attached hydrogens (tertiary/aromatic N) is 5. The third-order valence-electron chi connectivity index (χ3n) is 5.93. The van der Waals surface area contributed by atoms with E-state index in [1.54, 1.807) is 16.8 Å². The Morgan fingerprint density at radius 1 is 1.00 bits per heavy atom. The predicted octanol–water partition coefficient (Wildman–Crippen LogP) is 3.14. The molecule has 8 nitrogen and oxygen atoms in total. The van der Waals surface area contributed by atoms with Crippen molar-refractivity contribution in [1.82, 2.24) is 20.0 Å². The van der Waals surface area contributed by atoms with Gasteiger partial charge in [-0.15, -0.1) is 10.2 Å². The Morgan fingerprint density at radius 2 is 1.70 bits per heavy atom. The first-order valence-electron chi connectivity index (χ1n) is 10.4. The Hall–Kier alpha value is -3.42. The number of hydrogen-bond acceptors (Lipinski definition) is 6. The van der Waals surface area contributed by atoms with Gasteiger partial charge in [0.2, 0.25) is 5.91 Å². The van der Waals surface area contributed by atoms with Gasteiger partial charge in [-0.1, -0.05) is 12.1 Å². The Balaban J connectivity index is 1.51. The fraction of sp³-hybridized carbons (Fsp3) is 0.364. The van der Waals surface area contributed by atoms with Gasteiger partial charge in [0, 0.05) is 31.0 Å². The van der Waals surface area contributed by atoms with Gasteiger partial charge in [-0.25, -0.2) is 0 Å². The third kappa shape index (κ3) is 3.28. The normalized spacial score (nSPS) is 18.8. The zero-order valence-electron chi connectivity index (χ0n) is 16.9. The molecule has 2 aliphatic rings. The zero-order valence-corrected chi connectivity index (χ0v) is 16.9. The first-order valence-corrected chi connectivity index (χ1v) is 10.4. The van der Waals surface area contributed by atoms with E-state index in [1.165, 1.54) is 19.3 Å². The molecule has 0 radical (unpaired) electrons. The van der Waals surface area contributed by atoms with Gasteiger partial charge in [0.1, 0.15) is 11.6 Å². The molecule has 1 unspecified atom stereocenters. The van der Waals surface area contributed by atoms with Gasteiger partial charge in [-0.2, -0.15) is 9.78 Å². The fourth-order valence-corrected chi connectivity index (χ4v) is 4.43. The average molecular weight is 404 g/mol. The standard InChI is InChI=1S/C22H24N6O2/c1-14-21-17(15-5-7-16(29)8-6-15)13-20(30)23-22(21)28(26-14)19-10-9-18(24-25-19)27-11-3-2-4-12-27/h5-10,17,29H,2-4,11-13H2,1H3,(H,23,30). The van der Waals surface area contributed by atoms with E-state index in [-0.39, 0.29) is 17.6 Å².